The van der Waals surface area contributed by atoms with Crippen LogP contribution in [0.5, 0.6) is 0 Å². The number of nitrogens with zero attached hydrogens (tertiary/aromatic N) is 3. The summed E-state index contributed by atoms with van der Waals surface area (Å²) >= 11 is 0. The Bertz CT molecular complexity index is 811. The molecule has 1 aromatic heterocycles. The summed E-state index contributed by atoms with van der Waals surface area (Å²) in [5.74, 6) is 0.579. The van der Waals surface area contributed by atoms with E-state index in [2.05, 4.69) is 40.3 Å². The lowest BCUT2D eigenvalue weighted by Crippen LogP contribution is -1.98. The molecule has 1 heterocycles. The Hall–Kier alpha value is -2.73. The summed E-state index contributed by atoms with van der Waals surface area (Å²) in [4.78, 5) is 8.81. The van der Waals surface area contributed by atoms with Crippen molar-refractivity contribution in [2.45, 2.75) is 13.3 Å². The van der Waals surface area contributed by atoms with E-state index in [0.29, 0.717) is 5.82 Å². The third-order valence-electron chi connectivity index (χ3n) is 3.20. The van der Waals surface area contributed by atoms with E-state index in [-0.39, 0.29) is 6.42 Å². The van der Waals surface area contributed by atoms with Crippen molar-refractivity contribution in [3.05, 3.63) is 60.0 Å². The predicted molar refractivity (Wildman–Crippen MR) is 79.0 cm³/mol. The van der Waals surface area contributed by atoms with E-state index < -0.39 is 0 Å². The molecule has 0 aliphatic rings. The minimum absolute atomic E-state index is 0.236. The molecular formula is C17H13N3. The molecule has 3 nitrogen and oxygen atoms in total. The highest BCUT2D eigenvalue weighted by atomic mass is 14.9. The molecule has 96 valence electrons. The molecule has 3 aromatic rings. The van der Waals surface area contributed by atoms with Gasteiger partial charge in [0.15, 0.2) is 0 Å². The summed E-state index contributed by atoms with van der Waals surface area (Å²) in [5, 5.41) is 11.2. The maximum atomic E-state index is 8.81. The summed E-state index contributed by atoms with van der Waals surface area (Å²) in [6.45, 7) is 1.93. The Morgan fingerprint density at radius 2 is 1.85 bits per heavy atom. The van der Waals surface area contributed by atoms with E-state index in [1.807, 2.05) is 31.2 Å². The van der Waals surface area contributed by atoms with E-state index in [0.717, 1.165) is 22.3 Å². The van der Waals surface area contributed by atoms with E-state index >= 15 is 0 Å². The highest BCUT2D eigenvalue weighted by Crippen LogP contribution is 2.27. The lowest BCUT2D eigenvalue weighted by molar-refractivity contribution is 0.969. The number of hydrogen-bond acceptors (Lipinski definition) is 3. The number of rotatable bonds is 2. The Kier molecular flexibility index (Phi) is 3.14. The molecule has 0 atom stereocenters. The largest absolute Gasteiger partial charge is 0.237 e. The third-order valence-corrected chi connectivity index (χ3v) is 3.20. The van der Waals surface area contributed by atoms with E-state index in [1.165, 1.54) is 5.39 Å². The zero-order valence-corrected chi connectivity index (χ0v) is 11.2. The summed E-state index contributed by atoms with van der Waals surface area (Å²) in [6, 6.07) is 18.5. The number of aryl methyl sites for hydroxylation is 1. The van der Waals surface area contributed by atoms with E-state index in [1.54, 1.807) is 0 Å². The van der Waals surface area contributed by atoms with Crippen LogP contribution in [0, 0.1) is 18.3 Å². The molecule has 0 saturated heterocycles. The van der Waals surface area contributed by atoms with E-state index in [9.17, 15) is 0 Å². The van der Waals surface area contributed by atoms with Crippen molar-refractivity contribution in [2.75, 3.05) is 0 Å². The first kappa shape index (κ1) is 12.3. The maximum Gasteiger partial charge on any atom is 0.143 e. The second-order valence-electron chi connectivity index (χ2n) is 4.67. The monoisotopic (exact) mass is 259 g/mol. The van der Waals surface area contributed by atoms with Crippen LogP contribution in [-0.2, 0) is 6.42 Å². The highest BCUT2D eigenvalue weighted by molar-refractivity contribution is 5.95. The zero-order chi connectivity index (χ0) is 13.9. The van der Waals surface area contributed by atoms with Crippen LogP contribution in [0.4, 0.5) is 0 Å². The Morgan fingerprint density at radius 3 is 2.70 bits per heavy atom. The van der Waals surface area contributed by atoms with Gasteiger partial charge in [-0.3, -0.25) is 0 Å². The molecule has 0 fully saturated rings. The number of nitriles is 1. The van der Waals surface area contributed by atoms with Crippen molar-refractivity contribution in [1.82, 2.24) is 9.97 Å². The average Bonchev–Trinajstić information content (AvgIpc) is 2.46. The molecule has 3 heteroatoms. The Balaban J connectivity index is 2.23. The van der Waals surface area contributed by atoms with Gasteiger partial charge in [0.2, 0.25) is 0 Å². The molecule has 0 N–H and O–H groups in total. The SMILES string of the molecule is Cc1cc(-c2cccc3ccccc23)nc(CC#N)n1. The lowest BCUT2D eigenvalue weighted by atomic mass is 10.0. The number of benzene rings is 2. The quantitative estimate of drug-likeness (QED) is 0.705. The number of hydrogen-bond donors (Lipinski definition) is 0. The summed E-state index contributed by atoms with van der Waals surface area (Å²) in [5.41, 5.74) is 2.83. The topological polar surface area (TPSA) is 49.6 Å². The summed E-state index contributed by atoms with van der Waals surface area (Å²) < 4.78 is 0. The van der Waals surface area contributed by atoms with Gasteiger partial charge in [0.05, 0.1) is 18.2 Å². The van der Waals surface area contributed by atoms with Crippen molar-refractivity contribution < 1.29 is 0 Å². The van der Waals surface area contributed by atoms with Crippen LogP contribution in [0.2, 0.25) is 0 Å². The molecule has 0 spiro atoms. The molecule has 0 bridgehead atoms. The van der Waals surface area contributed by atoms with Gasteiger partial charge < -0.3 is 0 Å². The smallest absolute Gasteiger partial charge is 0.143 e. The molecule has 0 aliphatic heterocycles. The molecule has 3 rings (SSSR count). The van der Waals surface area contributed by atoms with Crippen molar-refractivity contribution in [3.8, 4) is 17.3 Å². The molecule has 0 amide bonds. The number of fused-ring (bicyclic) bond motifs is 1. The van der Waals surface area contributed by atoms with Crippen LogP contribution in [0.15, 0.2) is 48.5 Å². The van der Waals surface area contributed by atoms with Gasteiger partial charge in [-0.25, -0.2) is 9.97 Å². The fourth-order valence-corrected chi connectivity index (χ4v) is 2.37. The van der Waals surface area contributed by atoms with Crippen molar-refractivity contribution in [1.29, 1.82) is 5.26 Å². The lowest BCUT2D eigenvalue weighted by Gasteiger charge is -2.08. The molecular weight excluding hydrogens is 246 g/mol. The van der Waals surface area contributed by atoms with Crippen LogP contribution in [0.3, 0.4) is 0 Å². The van der Waals surface area contributed by atoms with Crippen LogP contribution >= 0.6 is 0 Å². The maximum absolute atomic E-state index is 8.81. The normalized spacial score (nSPS) is 10.4. The minimum Gasteiger partial charge on any atom is -0.237 e. The zero-order valence-electron chi connectivity index (χ0n) is 11.2. The Morgan fingerprint density at radius 1 is 1.05 bits per heavy atom. The van der Waals surface area contributed by atoms with Crippen molar-refractivity contribution >= 4 is 10.8 Å². The third kappa shape index (κ3) is 2.24. The van der Waals surface area contributed by atoms with Crippen LogP contribution in [0.1, 0.15) is 11.5 Å². The Labute approximate surface area is 117 Å². The van der Waals surface area contributed by atoms with Crippen LogP contribution < -0.4 is 0 Å². The average molecular weight is 259 g/mol. The summed E-state index contributed by atoms with van der Waals surface area (Å²) in [6.07, 6.45) is 0.236. The molecule has 0 unspecified atom stereocenters. The minimum atomic E-state index is 0.236. The first-order valence-electron chi connectivity index (χ1n) is 6.47. The van der Waals surface area contributed by atoms with Crippen molar-refractivity contribution in [2.24, 2.45) is 0 Å². The van der Waals surface area contributed by atoms with Gasteiger partial charge in [-0.2, -0.15) is 5.26 Å². The van der Waals surface area contributed by atoms with Gasteiger partial charge in [0, 0.05) is 11.3 Å². The molecule has 0 aliphatic carbocycles. The standard InChI is InChI=1S/C17H13N3/c1-12-11-16(20-17(19-12)9-10-18)15-8-4-6-13-5-2-3-7-14(13)15/h2-8,11H,9H2,1H3. The van der Waals surface area contributed by atoms with Crippen LogP contribution in [-0.4, -0.2) is 9.97 Å². The predicted octanol–water partition coefficient (Wildman–Crippen LogP) is 3.67. The first-order valence-corrected chi connectivity index (χ1v) is 6.47. The second kappa shape index (κ2) is 5.10. The molecule has 20 heavy (non-hydrogen) atoms. The van der Waals surface area contributed by atoms with Crippen LogP contribution in [0.25, 0.3) is 22.0 Å². The van der Waals surface area contributed by atoms with Gasteiger partial charge in [-0.1, -0.05) is 42.5 Å². The van der Waals surface area contributed by atoms with Gasteiger partial charge in [0.25, 0.3) is 0 Å². The van der Waals surface area contributed by atoms with Gasteiger partial charge in [-0.05, 0) is 23.8 Å². The molecule has 0 saturated carbocycles. The molecule has 0 radical (unpaired) electrons. The molecule has 2 aromatic carbocycles. The summed E-state index contributed by atoms with van der Waals surface area (Å²) in [7, 11) is 0. The van der Waals surface area contributed by atoms with Gasteiger partial charge in [-0.15, -0.1) is 0 Å². The first-order chi connectivity index (χ1) is 9.78. The van der Waals surface area contributed by atoms with Gasteiger partial charge in [0.1, 0.15) is 5.82 Å². The van der Waals surface area contributed by atoms with E-state index in [4.69, 9.17) is 5.26 Å². The number of aromatic nitrogens is 2. The van der Waals surface area contributed by atoms with Crippen molar-refractivity contribution in [3.63, 3.8) is 0 Å². The fraction of sp³-hybridized carbons (Fsp3) is 0.118. The second-order valence-corrected chi connectivity index (χ2v) is 4.67. The fourth-order valence-electron chi connectivity index (χ4n) is 2.37. The highest BCUT2D eigenvalue weighted by Gasteiger charge is 2.07. The van der Waals surface area contributed by atoms with Gasteiger partial charge >= 0.3 is 0 Å².